The van der Waals surface area contributed by atoms with Gasteiger partial charge in [0.05, 0.1) is 17.6 Å². The fourth-order valence-corrected chi connectivity index (χ4v) is 4.91. The molecule has 0 saturated carbocycles. The van der Waals surface area contributed by atoms with Gasteiger partial charge < -0.3 is 14.2 Å². The molecule has 1 aliphatic rings. The average Bonchev–Trinajstić information content (AvgIpc) is 3.40. The van der Waals surface area contributed by atoms with Crippen LogP contribution in [0.1, 0.15) is 41.3 Å². The zero-order valence-electron chi connectivity index (χ0n) is 20.1. The number of aromatic nitrogens is 2. The van der Waals surface area contributed by atoms with Crippen LogP contribution in [0.15, 0.2) is 66.7 Å². The van der Waals surface area contributed by atoms with Gasteiger partial charge in [-0.1, -0.05) is 42.5 Å². The molecule has 4 aromatic rings. The minimum absolute atomic E-state index is 0.0668. The van der Waals surface area contributed by atoms with Crippen LogP contribution in [0, 0.1) is 20.8 Å². The van der Waals surface area contributed by atoms with E-state index in [-0.39, 0.29) is 11.8 Å². The molecule has 0 bridgehead atoms. The van der Waals surface area contributed by atoms with Gasteiger partial charge in [0.1, 0.15) is 11.6 Å². The van der Waals surface area contributed by atoms with E-state index in [0.717, 1.165) is 46.8 Å². The highest BCUT2D eigenvalue weighted by molar-refractivity contribution is 5.97. The third kappa shape index (κ3) is 4.18. The SMILES string of the molecule is Cc1ccccc1OCCCn1c(C2CC(=O)N(c3cccc(C)c3C)C2)nc2ccccc21. The number of amides is 1. The molecule has 0 N–H and O–H groups in total. The first kappa shape index (κ1) is 22.2. The van der Waals surface area contributed by atoms with Crippen molar-refractivity contribution in [3.05, 3.63) is 89.2 Å². The number of para-hydroxylation sites is 3. The summed E-state index contributed by atoms with van der Waals surface area (Å²) in [6.07, 6.45) is 1.35. The Morgan fingerprint density at radius 1 is 0.941 bits per heavy atom. The lowest BCUT2D eigenvalue weighted by Gasteiger charge is -2.20. The van der Waals surface area contributed by atoms with Gasteiger partial charge in [-0.15, -0.1) is 0 Å². The fourth-order valence-electron chi connectivity index (χ4n) is 4.91. The molecule has 2 heterocycles. The third-order valence-corrected chi connectivity index (χ3v) is 6.92. The van der Waals surface area contributed by atoms with Crippen LogP contribution in [0.25, 0.3) is 11.0 Å². The van der Waals surface area contributed by atoms with Crippen LogP contribution in [0.2, 0.25) is 0 Å². The first-order chi connectivity index (χ1) is 16.5. The van der Waals surface area contributed by atoms with E-state index in [1.807, 2.05) is 35.2 Å². The number of fused-ring (bicyclic) bond motifs is 1. The molecule has 3 aromatic carbocycles. The highest BCUT2D eigenvalue weighted by Crippen LogP contribution is 2.35. The Labute approximate surface area is 201 Å². The Balaban J connectivity index is 1.37. The van der Waals surface area contributed by atoms with E-state index in [1.165, 1.54) is 11.1 Å². The van der Waals surface area contributed by atoms with Gasteiger partial charge in [0.25, 0.3) is 0 Å². The minimum atomic E-state index is 0.0668. The third-order valence-electron chi connectivity index (χ3n) is 6.92. The number of benzene rings is 3. The molecule has 0 aliphatic carbocycles. The maximum Gasteiger partial charge on any atom is 0.227 e. The van der Waals surface area contributed by atoms with E-state index in [0.29, 0.717) is 19.6 Å². The van der Waals surface area contributed by atoms with Crippen LogP contribution in [0.3, 0.4) is 0 Å². The number of anilines is 1. The molecule has 1 amide bonds. The molecule has 1 aromatic heterocycles. The van der Waals surface area contributed by atoms with E-state index in [9.17, 15) is 4.79 Å². The summed E-state index contributed by atoms with van der Waals surface area (Å²) in [5.41, 5.74) is 6.63. The number of aryl methyl sites for hydroxylation is 3. The van der Waals surface area contributed by atoms with Crippen molar-refractivity contribution < 1.29 is 9.53 Å². The number of rotatable bonds is 7. The zero-order valence-corrected chi connectivity index (χ0v) is 20.1. The van der Waals surface area contributed by atoms with E-state index < -0.39 is 0 Å². The van der Waals surface area contributed by atoms with Crippen molar-refractivity contribution in [2.45, 2.75) is 46.1 Å². The molecule has 5 nitrogen and oxygen atoms in total. The summed E-state index contributed by atoms with van der Waals surface area (Å²) in [6.45, 7) is 8.34. The number of carbonyl (C=O) groups excluding carboxylic acids is 1. The van der Waals surface area contributed by atoms with Crippen LogP contribution in [0.4, 0.5) is 5.69 Å². The molecule has 1 aliphatic heterocycles. The second kappa shape index (κ2) is 9.34. The van der Waals surface area contributed by atoms with Crippen LogP contribution in [-0.2, 0) is 11.3 Å². The van der Waals surface area contributed by atoms with Crippen molar-refractivity contribution in [2.75, 3.05) is 18.1 Å². The topological polar surface area (TPSA) is 47.4 Å². The molecule has 1 unspecified atom stereocenters. The molecule has 34 heavy (non-hydrogen) atoms. The summed E-state index contributed by atoms with van der Waals surface area (Å²) in [4.78, 5) is 20.0. The number of hydrogen-bond acceptors (Lipinski definition) is 3. The molecule has 5 heteroatoms. The van der Waals surface area contributed by atoms with E-state index >= 15 is 0 Å². The summed E-state index contributed by atoms with van der Waals surface area (Å²) < 4.78 is 8.33. The maximum absolute atomic E-state index is 13.1. The van der Waals surface area contributed by atoms with Gasteiger partial charge in [-0.05, 0) is 68.1 Å². The molecule has 0 radical (unpaired) electrons. The van der Waals surface area contributed by atoms with Crippen molar-refractivity contribution in [1.82, 2.24) is 9.55 Å². The molecule has 174 valence electrons. The van der Waals surface area contributed by atoms with E-state index in [4.69, 9.17) is 9.72 Å². The summed E-state index contributed by atoms with van der Waals surface area (Å²) in [5, 5.41) is 0. The molecule has 5 rings (SSSR count). The molecular formula is C29H31N3O2. The minimum Gasteiger partial charge on any atom is -0.493 e. The molecular weight excluding hydrogens is 422 g/mol. The lowest BCUT2D eigenvalue weighted by Crippen LogP contribution is -2.25. The smallest absolute Gasteiger partial charge is 0.227 e. The van der Waals surface area contributed by atoms with E-state index in [2.05, 4.69) is 61.7 Å². The Hall–Kier alpha value is -3.60. The van der Waals surface area contributed by atoms with Gasteiger partial charge in [-0.3, -0.25) is 4.79 Å². The van der Waals surface area contributed by atoms with Crippen LogP contribution >= 0.6 is 0 Å². The Morgan fingerprint density at radius 3 is 2.56 bits per heavy atom. The Bertz CT molecular complexity index is 1340. The molecule has 1 atom stereocenters. The highest BCUT2D eigenvalue weighted by Gasteiger charge is 2.35. The lowest BCUT2D eigenvalue weighted by atomic mass is 10.1. The number of ether oxygens (including phenoxy) is 1. The zero-order chi connectivity index (χ0) is 23.7. The number of nitrogens with zero attached hydrogens (tertiary/aromatic N) is 3. The second-order valence-corrected chi connectivity index (χ2v) is 9.20. The summed E-state index contributed by atoms with van der Waals surface area (Å²) in [7, 11) is 0. The average molecular weight is 454 g/mol. The van der Waals surface area contributed by atoms with Gasteiger partial charge in [0.2, 0.25) is 5.91 Å². The first-order valence-corrected chi connectivity index (χ1v) is 12.0. The predicted octanol–water partition coefficient (Wildman–Crippen LogP) is 5.95. The number of imidazole rings is 1. The van der Waals surface area contributed by atoms with Crippen molar-refractivity contribution in [2.24, 2.45) is 0 Å². The van der Waals surface area contributed by atoms with Crippen molar-refractivity contribution in [3.8, 4) is 5.75 Å². The normalized spacial score (nSPS) is 15.9. The van der Waals surface area contributed by atoms with Crippen LogP contribution in [-0.4, -0.2) is 28.6 Å². The lowest BCUT2D eigenvalue weighted by molar-refractivity contribution is -0.117. The second-order valence-electron chi connectivity index (χ2n) is 9.20. The van der Waals surface area contributed by atoms with Gasteiger partial charge in [0, 0.05) is 31.1 Å². The predicted molar refractivity (Wildman–Crippen MR) is 137 cm³/mol. The van der Waals surface area contributed by atoms with Crippen molar-refractivity contribution >= 4 is 22.6 Å². The molecule has 0 spiro atoms. The largest absolute Gasteiger partial charge is 0.493 e. The quantitative estimate of drug-likeness (QED) is 0.325. The van der Waals surface area contributed by atoms with Crippen molar-refractivity contribution in [3.63, 3.8) is 0 Å². The Kier molecular flexibility index (Phi) is 6.10. The molecule has 1 fully saturated rings. The van der Waals surface area contributed by atoms with E-state index in [1.54, 1.807) is 0 Å². The van der Waals surface area contributed by atoms with Gasteiger partial charge >= 0.3 is 0 Å². The summed E-state index contributed by atoms with van der Waals surface area (Å²) >= 11 is 0. The standard InChI is InChI=1S/C29H31N3O2/c1-20-11-8-14-25(22(20)3)32-19-23(18-28(32)33)29-30-24-12-5-6-13-26(24)31(29)16-9-17-34-27-15-7-4-10-21(27)2/h4-8,10-15,23H,9,16-19H2,1-3H3. The number of carbonyl (C=O) groups is 1. The highest BCUT2D eigenvalue weighted by atomic mass is 16.5. The first-order valence-electron chi connectivity index (χ1n) is 12.0. The van der Waals surface area contributed by atoms with Gasteiger partial charge in [0.15, 0.2) is 0 Å². The molecule has 1 saturated heterocycles. The monoisotopic (exact) mass is 453 g/mol. The summed E-state index contributed by atoms with van der Waals surface area (Å²) in [6, 6.07) is 22.5. The van der Waals surface area contributed by atoms with Gasteiger partial charge in [-0.25, -0.2) is 4.98 Å². The van der Waals surface area contributed by atoms with Crippen LogP contribution < -0.4 is 9.64 Å². The summed E-state index contributed by atoms with van der Waals surface area (Å²) in [5.74, 6) is 2.17. The van der Waals surface area contributed by atoms with Gasteiger partial charge in [-0.2, -0.15) is 0 Å². The fraction of sp³-hybridized carbons (Fsp3) is 0.310. The van der Waals surface area contributed by atoms with Crippen LogP contribution in [0.5, 0.6) is 5.75 Å². The van der Waals surface area contributed by atoms with Crippen molar-refractivity contribution in [1.29, 1.82) is 0 Å². The number of hydrogen-bond donors (Lipinski definition) is 0. The maximum atomic E-state index is 13.1. The Morgan fingerprint density at radius 2 is 1.71 bits per heavy atom.